The second-order valence-corrected chi connectivity index (χ2v) is 6.38. The average molecular weight is 352 g/mol. The van der Waals surface area contributed by atoms with E-state index in [1.807, 2.05) is 22.9 Å². The number of aliphatic imine (C=N–C) groups is 1. The molecule has 0 atom stereocenters. The molecule has 0 unspecified atom stereocenters. The highest BCUT2D eigenvalue weighted by molar-refractivity contribution is 7.85. The first-order valence-electron chi connectivity index (χ1n) is 6.65. The molecule has 0 aliphatic carbocycles. The van der Waals surface area contributed by atoms with Crippen LogP contribution in [0, 0.1) is 0 Å². The highest BCUT2D eigenvalue weighted by Gasteiger charge is 2.17. The van der Waals surface area contributed by atoms with Gasteiger partial charge < -0.3 is 20.8 Å². The zero-order chi connectivity index (χ0) is 17.9. The first-order valence-corrected chi connectivity index (χ1v) is 8.50. The summed E-state index contributed by atoms with van der Waals surface area (Å²) in [6.07, 6.45) is 2.64. The molecule has 0 bridgehead atoms. The molecular formula is C14H16N4O5S. The van der Waals surface area contributed by atoms with Crippen molar-refractivity contribution in [3.8, 4) is 11.4 Å². The van der Waals surface area contributed by atoms with Gasteiger partial charge in [0.05, 0.1) is 17.6 Å². The maximum atomic E-state index is 11.8. The molecule has 24 heavy (non-hydrogen) atoms. The Labute approximate surface area is 138 Å². The van der Waals surface area contributed by atoms with Crippen molar-refractivity contribution in [3.05, 3.63) is 47.8 Å². The summed E-state index contributed by atoms with van der Waals surface area (Å²) in [5.41, 5.74) is 12.7. The van der Waals surface area contributed by atoms with Gasteiger partial charge in [0.2, 0.25) is 0 Å². The van der Waals surface area contributed by atoms with Gasteiger partial charge in [-0.2, -0.15) is 13.4 Å². The van der Waals surface area contributed by atoms with E-state index < -0.39 is 16.0 Å². The molecule has 0 saturated heterocycles. The molecule has 0 saturated carbocycles. The van der Waals surface area contributed by atoms with Crippen LogP contribution in [0.3, 0.4) is 0 Å². The zero-order valence-corrected chi connectivity index (χ0v) is 13.5. The summed E-state index contributed by atoms with van der Waals surface area (Å²) >= 11 is 0. The second-order valence-electron chi connectivity index (χ2n) is 4.92. The molecule has 0 fully saturated rings. The fourth-order valence-electron chi connectivity index (χ4n) is 2.06. The van der Waals surface area contributed by atoms with Crippen LogP contribution in [0.2, 0.25) is 0 Å². The minimum atomic E-state index is -3.67. The number of rotatable bonds is 1. The van der Waals surface area contributed by atoms with Crippen LogP contribution in [-0.4, -0.2) is 35.7 Å². The second kappa shape index (κ2) is 6.72. The van der Waals surface area contributed by atoms with Crippen LogP contribution < -0.4 is 16.2 Å². The van der Waals surface area contributed by atoms with E-state index in [9.17, 15) is 13.2 Å². The van der Waals surface area contributed by atoms with E-state index in [0.29, 0.717) is 18.4 Å². The summed E-state index contributed by atoms with van der Waals surface area (Å²) in [7, 11) is -3.67. The molecule has 1 aromatic heterocycles. The Morgan fingerprint density at radius 1 is 1.33 bits per heavy atom. The van der Waals surface area contributed by atoms with Crippen molar-refractivity contribution in [3.63, 3.8) is 0 Å². The van der Waals surface area contributed by atoms with Gasteiger partial charge in [-0.15, -0.1) is 0 Å². The van der Waals surface area contributed by atoms with E-state index in [1.165, 1.54) is 0 Å². The number of fused-ring (bicyclic) bond motifs is 3. The molecule has 2 aromatic rings. The monoisotopic (exact) mass is 352 g/mol. The standard InChI is InChI=1S/C13H12N4O2.CH4O3S/c14-13(15)16-12(18)8-3-4-11-10(6-8)17-5-1-2-9(17)7-19-11;1-5(2,3)4/h1-6H,7H2,(H4,14,15,16,18);1H3,(H,2,3,4). The van der Waals surface area contributed by atoms with Crippen LogP contribution in [0.25, 0.3) is 5.69 Å². The number of benzene rings is 1. The molecule has 3 rings (SSSR count). The SMILES string of the molecule is CS(=O)(=O)O.NC(N)=NC(=O)c1ccc2c(c1)-n1cccc1CO2. The Morgan fingerprint density at radius 2 is 2.00 bits per heavy atom. The zero-order valence-electron chi connectivity index (χ0n) is 12.7. The van der Waals surface area contributed by atoms with Gasteiger partial charge in [-0.3, -0.25) is 9.35 Å². The quantitative estimate of drug-likeness (QED) is 0.379. The topological polar surface area (TPSA) is 150 Å². The van der Waals surface area contributed by atoms with Crippen LogP contribution in [0.4, 0.5) is 0 Å². The number of guanidine groups is 1. The molecule has 1 aromatic carbocycles. The molecule has 1 aliphatic heterocycles. The lowest BCUT2D eigenvalue weighted by Gasteiger charge is -2.20. The van der Waals surface area contributed by atoms with Crippen molar-refractivity contribution in [2.75, 3.05) is 6.26 Å². The Hall–Kier alpha value is -2.85. The number of carbonyl (C=O) groups excluding carboxylic acids is 1. The van der Waals surface area contributed by atoms with Gasteiger partial charge in [-0.05, 0) is 30.3 Å². The Balaban J connectivity index is 0.000000368. The van der Waals surface area contributed by atoms with Gasteiger partial charge >= 0.3 is 0 Å². The summed E-state index contributed by atoms with van der Waals surface area (Å²) < 4.78 is 33.5. The number of aromatic nitrogens is 1. The number of amides is 1. The van der Waals surface area contributed by atoms with E-state index in [4.69, 9.17) is 20.8 Å². The average Bonchev–Trinajstić information content (AvgIpc) is 2.93. The summed E-state index contributed by atoms with van der Waals surface area (Å²) in [6, 6.07) is 8.99. The number of nitrogens with zero attached hydrogens (tertiary/aromatic N) is 2. The predicted molar refractivity (Wildman–Crippen MR) is 87.7 cm³/mol. The molecule has 1 amide bonds. The molecule has 0 spiro atoms. The number of carbonyl (C=O) groups is 1. The lowest BCUT2D eigenvalue weighted by molar-refractivity contribution is 0.100. The summed E-state index contributed by atoms with van der Waals surface area (Å²) in [5.74, 6) is 0.00709. The Bertz CT molecular complexity index is 890. The van der Waals surface area contributed by atoms with Crippen LogP contribution in [0.15, 0.2) is 41.5 Å². The molecule has 0 radical (unpaired) electrons. The van der Waals surface area contributed by atoms with Crippen molar-refractivity contribution in [2.45, 2.75) is 6.61 Å². The minimum Gasteiger partial charge on any atom is -0.485 e. The van der Waals surface area contributed by atoms with Gasteiger partial charge in [-0.1, -0.05) is 0 Å². The highest BCUT2D eigenvalue weighted by atomic mass is 32.2. The fraction of sp³-hybridized carbons (Fsp3) is 0.143. The maximum absolute atomic E-state index is 11.8. The highest BCUT2D eigenvalue weighted by Crippen LogP contribution is 2.30. The van der Waals surface area contributed by atoms with Crippen LogP contribution >= 0.6 is 0 Å². The van der Waals surface area contributed by atoms with Gasteiger partial charge in [0.25, 0.3) is 16.0 Å². The van der Waals surface area contributed by atoms with E-state index in [-0.39, 0.29) is 5.96 Å². The largest absolute Gasteiger partial charge is 0.485 e. The van der Waals surface area contributed by atoms with Crippen molar-refractivity contribution in [1.82, 2.24) is 4.57 Å². The van der Waals surface area contributed by atoms with Crippen molar-refractivity contribution >= 4 is 22.0 Å². The maximum Gasteiger partial charge on any atom is 0.280 e. The van der Waals surface area contributed by atoms with Crippen LogP contribution in [0.5, 0.6) is 5.75 Å². The molecule has 9 nitrogen and oxygen atoms in total. The van der Waals surface area contributed by atoms with Gasteiger partial charge in [0.15, 0.2) is 5.96 Å². The number of hydrogen-bond donors (Lipinski definition) is 3. The van der Waals surface area contributed by atoms with E-state index in [1.54, 1.807) is 18.2 Å². The van der Waals surface area contributed by atoms with Crippen molar-refractivity contribution < 1.29 is 22.5 Å². The fourth-order valence-corrected chi connectivity index (χ4v) is 2.06. The van der Waals surface area contributed by atoms with Gasteiger partial charge in [0, 0.05) is 11.8 Å². The van der Waals surface area contributed by atoms with E-state index in [0.717, 1.165) is 17.1 Å². The molecular weight excluding hydrogens is 336 g/mol. The Morgan fingerprint density at radius 3 is 2.62 bits per heavy atom. The van der Waals surface area contributed by atoms with Gasteiger partial charge in [0.1, 0.15) is 12.4 Å². The number of ether oxygens (including phenoxy) is 1. The minimum absolute atomic E-state index is 0.249. The first-order chi connectivity index (χ1) is 11.1. The molecule has 1 aliphatic rings. The van der Waals surface area contributed by atoms with E-state index in [2.05, 4.69) is 4.99 Å². The lowest BCUT2D eigenvalue weighted by atomic mass is 10.1. The number of hydrogen-bond acceptors (Lipinski definition) is 4. The summed E-state index contributed by atoms with van der Waals surface area (Å²) in [4.78, 5) is 15.3. The molecule has 2 heterocycles. The number of nitrogens with two attached hydrogens (primary N) is 2. The lowest BCUT2D eigenvalue weighted by Crippen LogP contribution is -2.24. The Kier molecular flexibility index (Phi) is 4.90. The van der Waals surface area contributed by atoms with Crippen LogP contribution in [0.1, 0.15) is 16.1 Å². The van der Waals surface area contributed by atoms with Gasteiger partial charge in [-0.25, -0.2) is 0 Å². The normalized spacial score (nSPS) is 11.9. The molecule has 10 heteroatoms. The third-order valence-electron chi connectivity index (χ3n) is 2.90. The third kappa shape index (κ3) is 4.57. The molecule has 128 valence electrons. The van der Waals surface area contributed by atoms with E-state index >= 15 is 0 Å². The summed E-state index contributed by atoms with van der Waals surface area (Å²) in [5, 5.41) is 0. The molecule has 5 N–H and O–H groups in total. The third-order valence-corrected chi connectivity index (χ3v) is 2.90. The smallest absolute Gasteiger partial charge is 0.280 e. The van der Waals surface area contributed by atoms with Crippen molar-refractivity contribution in [1.29, 1.82) is 0 Å². The predicted octanol–water partition coefficient (Wildman–Crippen LogP) is 0.287. The first kappa shape index (κ1) is 17.5. The van der Waals surface area contributed by atoms with Crippen LogP contribution in [-0.2, 0) is 16.7 Å². The summed E-state index contributed by atoms with van der Waals surface area (Å²) in [6.45, 7) is 0.515. The van der Waals surface area contributed by atoms with Crippen molar-refractivity contribution in [2.24, 2.45) is 16.5 Å².